The molecule has 0 atom stereocenters. The van der Waals surface area contributed by atoms with Crippen molar-refractivity contribution in [3.05, 3.63) is 139 Å². The number of fused-ring (bicyclic) bond motifs is 7. The Morgan fingerprint density at radius 1 is 0.523 bits per heavy atom. The van der Waals surface area contributed by atoms with Crippen LogP contribution in [0.3, 0.4) is 0 Å². The highest BCUT2D eigenvalue weighted by molar-refractivity contribution is 7.26. The van der Waals surface area contributed by atoms with E-state index in [1.165, 1.54) is 76.2 Å². The first-order valence-corrected chi connectivity index (χ1v) is 16.2. The normalized spacial score (nSPS) is 13.7. The zero-order valence-electron chi connectivity index (χ0n) is 25.1. The van der Waals surface area contributed by atoms with Crippen molar-refractivity contribution < 1.29 is 0 Å². The van der Waals surface area contributed by atoms with Gasteiger partial charge in [0.2, 0.25) is 0 Å². The van der Waals surface area contributed by atoms with E-state index >= 15 is 0 Å². The van der Waals surface area contributed by atoms with E-state index in [4.69, 9.17) is 0 Å². The Hall–Kier alpha value is -4.80. The number of para-hydroxylation sites is 3. The van der Waals surface area contributed by atoms with Gasteiger partial charge >= 0.3 is 0 Å². The third kappa shape index (κ3) is 3.61. The smallest absolute Gasteiger partial charge is 0.252 e. The molecular weight excluding hydrogens is 551 g/mol. The summed E-state index contributed by atoms with van der Waals surface area (Å²) >= 11 is 1.90. The molecule has 2 nitrogen and oxygen atoms in total. The fraction of sp³-hybridized carbons (Fsp3) is 0.100. The van der Waals surface area contributed by atoms with Crippen LogP contribution in [-0.2, 0) is 5.41 Å². The fourth-order valence-corrected chi connectivity index (χ4v) is 8.56. The highest BCUT2D eigenvalue weighted by Crippen LogP contribution is 2.49. The van der Waals surface area contributed by atoms with Crippen molar-refractivity contribution in [3.8, 4) is 0 Å². The molecule has 2 aliphatic rings. The summed E-state index contributed by atoms with van der Waals surface area (Å²) in [5.41, 5.74) is 12.8. The molecule has 210 valence electrons. The van der Waals surface area contributed by atoms with E-state index in [1.54, 1.807) is 0 Å². The summed E-state index contributed by atoms with van der Waals surface area (Å²) in [6.45, 7) is 7.13. The Kier molecular flexibility index (Phi) is 5.46. The maximum absolute atomic E-state index is 2.56. The van der Waals surface area contributed by atoms with Crippen molar-refractivity contribution in [2.45, 2.75) is 26.2 Å². The molecule has 2 aliphatic heterocycles. The lowest BCUT2D eigenvalue weighted by molar-refractivity contribution is 0.590. The van der Waals surface area contributed by atoms with Gasteiger partial charge in [0.05, 0.1) is 10.4 Å². The number of nitrogens with zero attached hydrogens (tertiary/aromatic N) is 2. The van der Waals surface area contributed by atoms with Gasteiger partial charge in [0.25, 0.3) is 6.71 Å². The van der Waals surface area contributed by atoms with Gasteiger partial charge in [-0.3, -0.25) is 0 Å². The summed E-state index contributed by atoms with van der Waals surface area (Å²) in [5, 5.41) is 2.65. The van der Waals surface area contributed by atoms with Crippen LogP contribution in [0.2, 0.25) is 0 Å². The lowest BCUT2D eigenvalue weighted by Crippen LogP contribution is -2.61. The lowest BCUT2D eigenvalue weighted by Gasteiger charge is -2.45. The molecular formula is C40H31BN2S. The van der Waals surface area contributed by atoms with Gasteiger partial charge in [-0.1, -0.05) is 106 Å². The number of anilines is 6. The average molecular weight is 583 g/mol. The minimum absolute atomic E-state index is 0.0351. The average Bonchev–Trinajstić information content (AvgIpc) is 3.44. The monoisotopic (exact) mass is 582 g/mol. The summed E-state index contributed by atoms with van der Waals surface area (Å²) in [5.74, 6) is 0. The van der Waals surface area contributed by atoms with Crippen molar-refractivity contribution in [2.75, 3.05) is 9.80 Å². The Balaban J connectivity index is 1.43. The van der Waals surface area contributed by atoms with Crippen molar-refractivity contribution in [1.82, 2.24) is 0 Å². The molecule has 7 aromatic rings. The quantitative estimate of drug-likeness (QED) is 0.187. The van der Waals surface area contributed by atoms with Crippen molar-refractivity contribution in [3.63, 3.8) is 0 Å². The van der Waals surface area contributed by atoms with E-state index in [2.05, 4.69) is 164 Å². The third-order valence-corrected chi connectivity index (χ3v) is 10.6. The van der Waals surface area contributed by atoms with E-state index in [-0.39, 0.29) is 12.1 Å². The fourth-order valence-electron chi connectivity index (χ4n) is 7.35. The highest BCUT2D eigenvalue weighted by Gasteiger charge is 2.44. The molecule has 0 saturated carbocycles. The van der Waals surface area contributed by atoms with E-state index in [0.717, 1.165) is 0 Å². The Bertz CT molecular complexity index is 2240. The van der Waals surface area contributed by atoms with Gasteiger partial charge in [-0.15, -0.1) is 11.3 Å². The molecule has 0 radical (unpaired) electrons. The summed E-state index contributed by atoms with van der Waals surface area (Å²) in [6.07, 6.45) is 0. The van der Waals surface area contributed by atoms with Gasteiger partial charge in [0.1, 0.15) is 0 Å². The molecule has 0 N–H and O–H groups in total. The van der Waals surface area contributed by atoms with Gasteiger partial charge in [-0.2, -0.15) is 0 Å². The largest absolute Gasteiger partial charge is 0.311 e. The first-order valence-electron chi connectivity index (χ1n) is 15.4. The SMILES string of the molecule is CC(C)(C)c1cc2c3c(c1)N(c1cccc4c1sc1ccccc14)c1ccccc1B3c1ccccc1N2c1ccccc1. The molecule has 0 spiro atoms. The number of benzene rings is 6. The van der Waals surface area contributed by atoms with Gasteiger partial charge in [-0.25, -0.2) is 0 Å². The second kappa shape index (κ2) is 9.35. The van der Waals surface area contributed by atoms with Crippen LogP contribution >= 0.6 is 11.3 Å². The van der Waals surface area contributed by atoms with E-state index < -0.39 is 0 Å². The summed E-state index contributed by atoms with van der Waals surface area (Å²) < 4.78 is 2.65. The summed E-state index contributed by atoms with van der Waals surface area (Å²) in [7, 11) is 0. The maximum atomic E-state index is 2.56. The summed E-state index contributed by atoms with van der Waals surface area (Å²) in [4.78, 5) is 5.06. The van der Waals surface area contributed by atoms with E-state index in [1.807, 2.05) is 11.3 Å². The lowest BCUT2D eigenvalue weighted by atomic mass is 9.33. The molecule has 3 heterocycles. The van der Waals surface area contributed by atoms with Crippen molar-refractivity contribution >= 4 is 88.7 Å². The third-order valence-electron chi connectivity index (χ3n) is 9.39. The first-order chi connectivity index (χ1) is 21.5. The van der Waals surface area contributed by atoms with Crippen molar-refractivity contribution in [1.29, 1.82) is 0 Å². The van der Waals surface area contributed by atoms with Crippen LogP contribution in [0, 0.1) is 0 Å². The van der Waals surface area contributed by atoms with Crippen LogP contribution in [0.4, 0.5) is 34.1 Å². The second-order valence-electron chi connectivity index (χ2n) is 13.0. The molecule has 6 aromatic carbocycles. The van der Waals surface area contributed by atoms with Crippen LogP contribution < -0.4 is 26.2 Å². The van der Waals surface area contributed by atoms with Gasteiger partial charge < -0.3 is 9.80 Å². The Morgan fingerprint density at radius 3 is 1.82 bits per heavy atom. The standard InChI is InChI=1S/C40H31BN2S/c1-40(2,3)26-24-35-38-36(25-26)43(34-22-13-17-29-28-16-7-12-23-37(28)44-39(29)34)33-21-11-9-19-31(33)41(38)30-18-8-10-20-32(30)42(35)27-14-5-4-6-15-27/h4-25H,1-3H3. The molecule has 0 aliphatic carbocycles. The first kappa shape index (κ1) is 25.7. The second-order valence-corrected chi connectivity index (χ2v) is 14.0. The van der Waals surface area contributed by atoms with Crippen LogP contribution in [-0.4, -0.2) is 6.71 Å². The minimum atomic E-state index is -0.0351. The van der Waals surface area contributed by atoms with Crippen LogP contribution in [0.25, 0.3) is 20.2 Å². The van der Waals surface area contributed by atoms with E-state index in [0.29, 0.717) is 0 Å². The zero-order chi connectivity index (χ0) is 29.6. The molecule has 0 bridgehead atoms. The number of thiophene rings is 1. The number of hydrogen-bond donors (Lipinski definition) is 0. The van der Waals surface area contributed by atoms with Crippen LogP contribution in [0.15, 0.2) is 133 Å². The van der Waals surface area contributed by atoms with Gasteiger partial charge in [-0.05, 0) is 75.9 Å². The van der Waals surface area contributed by atoms with E-state index in [9.17, 15) is 0 Å². The molecule has 44 heavy (non-hydrogen) atoms. The molecule has 9 rings (SSSR count). The zero-order valence-corrected chi connectivity index (χ0v) is 25.9. The molecule has 4 heteroatoms. The van der Waals surface area contributed by atoms with Crippen LogP contribution in [0.1, 0.15) is 26.3 Å². The molecule has 1 aromatic heterocycles. The van der Waals surface area contributed by atoms with Crippen LogP contribution in [0.5, 0.6) is 0 Å². The van der Waals surface area contributed by atoms with Gasteiger partial charge in [0, 0.05) is 43.9 Å². The number of rotatable bonds is 2. The summed E-state index contributed by atoms with van der Waals surface area (Å²) in [6, 6.07) is 49.5. The maximum Gasteiger partial charge on any atom is 0.252 e. The number of hydrogen-bond acceptors (Lipinski definition) is 3. The van der Waals surface area contributed by atoms with Gasteiger partial charge in [0.15, 0.2) is 0 Å². The topological polar surface area (TPSA) is 6.48 Å². The molecule has 0 unspecified atom stereocenters. The Morgan fingerprint density at radius 2 is 1.09 bits per heavy atom. The molecule has 0 fully saturated rings. The predicted molar refractivity (Wildman–Crippen MR) is 192 cm³/mol. The molecule has 0 amide bonds. The minimum Gasteiger partial charge on any atom is -0.311 e. The predicted octanol–water partition coefficient (Wildman–Crippen LogP) is 9.43. The van der Waals surface area contributed by atoms with Crippen molar-refractivity contribution in [2.24, 2.45) is 0 Å². The Labute approximate surface area is 262 Å². The highest BCUT2D eigenvalue weighted by atomic mass is 32.1. The molecule has 0 saturated heterocycles.